The van der Waals surface area contributed by atoms with E-state index in [4.69, 9.17) is 14.2 Å². The van der Waals surface area contributed by atoms with Crippen molar-refractivity contribution in [3.05, 3.63) is 119 Å². The third-order valence-corrected chi connectivity index (χ3v) is 9.44. The number of aliphatic hydroxyl groups is 1. The zero-order chi connectivity index (χ0) is 36.7. The zero-order valence-corrected chi connectivity index (χ0v) is 29.0. The molecule has 2 aliphatic rings. The summed E-state index contributed by atoms with van der Waals surface area (Å²) in [5.41, 5.74) is 1.60. The number of ether oxygens (including phenoxy) is 5. The van der Waals surface area contributed by atoms with E-state index in [2.05, 4.69) is 14.8 Å². The summed E-state index contributed by atoms with van der Waals surface area (Å²) >= 11 is 0. The van der Waals surface area contributed by atoms with E-state index in [0.29, 0.717) is 36.3 Å². The predicted molar refractivity (Wildman–Crippen MR) is 187 cm³/mol. The maximum absolute atomic E-state index is 16.0. The van der Waals surface area contributed by atoms with Gasteiger partial charge in [0.25, 0.3) is 0 Å². The molecule has 0 bridgehead atoms. The van der Waals surface area contributed by atoms with Gasteiger partial charge in [0.05, 0.1) is 50.3 Å². The van der Waals surface area contributed by atoms with Crippen molar-refractivity contribution in [3.63, 3.8) is 0 Å². The van der Waals surface area contributed by atoms with Crippen LogP contribution in [0, 0.1) is 5.82 Å². The smallest absolute Gasteiger partial charge is 0.492 e. The number of carbonyl (C=O) groups excluding carboxylic acids is 1. The molecule has 2 N–H and O–H groups in total. The molecule has 52 heavy (non-hydrogen) atoms. The highest BCUT2D eigenvalue weighted by Gasteiger charge is 2.49. The number of nitrogens with zero attached hydrogens (tertiary/aromatic N) is 1. The molecule has 272 valence electrons. The average Bonchev–Trinajstić information content (AvgIpc) is 3.74. The molecule has 0 saturated heterocycles. The van der Waals surface area contributed by atoms with E-state index in [1.807, 2.05) is 85.1 Å². The number of nitrogens with one attached hydrogen (secondary N) is 1. The monoisotopic (exact) mass is 716 g/mol. The lowest BCUT2D eigenvalue weighted by atomic mass is 9.83. The summed E-state index contributed by atoms with van der Waals surface area (Å²) in [5.74, 6) is -1.54. The Morgan fingerprint density at radius 3 is 2.23 bits per heavy atom. The van der Waals surface area contributed by atoms with Crippen molar-refractivity contribution in [2.45, 2.75) is 63.8 Å². The number of aromatic nitrogens is 1. The van der Waals surface area contributed by atoms with Crippen LogP contribution in [0.1, 0.15) is 43.2 Å². The number of hydrogen-bond acceptors (Lipinski definition) is 7. The maximum Gasteiger partial charge on any atom is 0.586 e. The molecule has 2 atom stereocenters. The van der Waals surface area contributed by atoms with Crippen LogP contribution in [0.25, 0.3) is 10.9 Å². The van der Waals surface area contributed by atoms with Gasteiger partial charge in [0.15, 0.2) is 11.5 Å². The summed E-state index contributed by atoms with van der Waals surface area (Å²) in [6.45, 7) is 6.72. The lowest BCUT2D eigenvalue weighted by molar-refractivity contribution is -0.286. The Kier molecular flexibility index (Phi) is 9.41. The molecule has 4 aromatic carbocycles. The van der Waals surface area contributed by atoms with Crippen LogP contribution in [-0.4, -0.2) is 47.8 Å². The largest absolute Gasteiger partial charge is 0.586 e. The molecule has 1 amide bonds. The van der Waals surface area contributed by atoms with Crippen molar-refractivity contribution in [1.29, 1.82) is 0 Å². The molecule has 0 fully saturated rings. The number of benzene rings is 4. The molecule has 7 rings (SSSR count). The van der Waals surface area contributed by atoms with Crippen LogP contribution in [0.5, 0.6) is 17.2 Å². The standard InChI is InChI=1S/C40H39F3N2O7/c1-38(2,23-49-21-26-12-8-5-9-13-26)36-15-27-14-31(30(41)17-32(27)45(36)19-28(46)22-48-20-25-10-6-4-7-11-25)44-37(47)39(3)24-50-33-18-35-34(16-29(33)39)51-40(42,43)52-35/h4-18,28,46H,19-24H2,1-3H3,(H,44,47)/t28-,39+/m1/s1. The molecule has 9 nitrogen and oxygen atoms in total. The lowest BCUT2D eigenvalue weighted by Crippen LogP contribution is -2.39. The van der Waals surface area contributed by atoms with E-state index in [-0.39, 0.29) is 42.7 Å². The Labute approximate surface area is 298 Å². The Morgan fingerprint density at radius 1 is 0.923 bits per heavy atom. The second kappa shape index (κ2) is 13.8. The Bertz CT molecular complexity index is 2090. The molecule has 2 aliphatic heterocycles. The summed E-state index contributed by atoms with van der Waals surface area (Å²) in [6.07, 6.45) is -4.75. The van der Waals surface area contributed by atoms with Crippen LogP contribution in [0.4, 0.5) is 18.9 Å². The second-order valence-electron chi connectivity index (χ2n) is 14.1. The van der Waals surface area contributed by atoms with Crippen molar-refractivity contribution in [2.75, 3.05) is 25.1 Å². The van der Waals surface area contributed by atoms with Gasteiger partial charge in [-0.05, 0) is 36.2 Å². The first-order valence-electron chi connectivity index (χ1n) is 16.9. The van der Waals surface area contributed by atoms with Crippen LogP contribution >= 0.6 is 0 Å². The first kappa shape index (κ1) is 35.4. The number of halogens is 3. The molecule has 12 heteroatoms. The number of anilines is 1. The van der Waals surface area contributed by atoms with Crippen LogP contribution in [0.2, 0.25) is 0 Å². The third kappa shape index (κ3) is 7.19. The quantitative estimate of drug-likeness (QED) is 0.131. The first-order valence-corrected chi connectivity index (χ1v) is 16.9. The van der Waals surface area contributed by atoms with Gasteiger partial charge in [-0.15, -0.1) is 8.78 Å². The Balaban J connectivity index is 1.15. The van der Waals surface area contributed by atoms with Crippen LogP contribution in [0.15, 0.2) is 91.0 Å². The Morgan fingerprint density at radius 2 is 1.56 bits per heavy atom. The minimum Gasteiger partial charge on any atom is -0.492 e. The molecule has 0 unspecified atom stereocenters. The number of alkyl halides is 2. The van der Waals surface area contributed by atoms with Gasteiger partial charge >= 0.3 is 6.29 Å². The van der Waals surface area contributed by atoms with E-state index in [0.717, 1.165) is 16.8 Å². The summed E-state index contributed by atoms with van der Waals surface area (Å²) in [4.78, 5) is 13.8. The van der Waals surface area contributed by atoms with E-state index in [1.165, 1.54) is 18.2 Å². The van der Waals surface area contributed by atoms with E-state index >= 15 is 4.39 Å². The van der Waals surface area contributed by atoms with Gasteiger partial charge in [0.1, 0.15) is 23.6 Å². The molecule has 3 heterocycles. The molecule has 5 aromatic rings. The van der Waals surface area contributed by atoms with Crippen LogP contribution in [0.3, 0.4) is 0 Å². The summed E-state index contributed by atoms with van der Waals surface area (Å²) in [7, 11) is 0. The van der Waals surface area contributed by atoms with Crippen LogP contribution < -0.4 is 19.5 Å². The normalized spacial score (nSPS) is 17.9. The highest BCUT2D eigenvalue weighted by atomic mass is 19.3. The minimum absolute atomic E-state index is 0.0513. The predicted octanol–water partition coefficient (Wildman–Crippen LogP) is 7.46. The van der Waals surface area contributed by atoms with E-state index in [1.54, 1.807) is 13.0 Å². The Hall–Kier alpha value is -5.04. The average molecular weight is 717 g/mol. The van der Waals surface area contributed by atoms with Crippen molar-refractivity contribution in [2.24, 2.45) is 0 Å². The molecule has 1 aromatic heterocycles. The van der Waals surface area contributed by atoms with E-state index < -0.39 is 35.0 Å². The van der Waals surface area contributed by atoms with Gasteiger partial charge in [-0.25, -0.2) is 4.39 Å². The van der Waals surface area contributed by atoms with Crippen molar-refractivity contribution in [3.8, 4) is 17.2 Å². The van der Waals surface area contributed by atoms with Gasteiger partial charge < -0.3 is 38.7 Å². The van der Waals surface area contributed by atoms with Crippen LogP contribution in [-0.2, 0) is 44.9 Å². The fourth-order valence-electron chi connectivity index (χ4n) is 6.64. The van der Waals surface area contributed by atoms with Gasteiger partial charge in [-0.2, -0.15) is 0 Å². The molecular weight excluding hydrogens is 677 g/mol. The summed E-state index contributed by atoms with van der Waals surface area (Å²) in [5, 5.41) is 14.5. The number of fused-ring (bicyclic) bond motifs is 3. The van der Waals surface area contributed by atoms with Crippen molar-refractivity contribution < 1.29 is 46.8 Å². The fraction of sp³-hybridized carbons (Fsp3) is 0.325. The zero-order valence-electron chi connectivity index (χ0n) is 29.0. The summed E-state index contributed by atoms with van der Waals surface area (Å²) < 4.78 is 72.0. The highest BCUT2D eigenvalue weighted by Crippen LogP contribution is 2.50. The molecule has 0 spiro atoms. The van der Waals surface area contributed by atoms with Gasteiger partial charge in [-0.3, -0.25) is 4.79 Å². The first-order chi connectivity index (χ1) is 24.8. The highest BCUT2D eigenvalue weighted by molar-refractivity contribution is 6.01. The molecule has 0 saturated carbocycles. The molecule has 0 aliphatic carbocycles. The number of hydrogen-bond donors (Lipinski definition) is 2. The van der Waals surface area contributed by atoms with Gasteiger partial charge in [0, 0.05) is 34.2 Å². The number of rotatable bonds is 13. The minimum atomic E-state index is -3.84. The number of carbonyl (C=O) groups is 1. The second-order valence-corrected chi connectivity index (χ2v) is 14.1. The number of amides is 1. The van der Waals surface area contributed by atoms with Gasteiger partial charge in [0.2, 0.25) is 5.91 Å². The molecular formula is C40H39F3N2O7. The lowest BCUT2D eigenvalue weighted by Gasteiger charge is -2.28. The van der Waals surface area contributed by atoms with Crippen molar-refractivity contribution in [1.82, 2.24) is 4.57 Å². The molecule has 0 radical (unpaired) electrons. The third-order valence-electron chi connectivity index (χ3n) is 9.44. The fourth-order valence-corrected chi connectivity index (χ4v) is 6.64. The summed E-state index contributed by atoms with van der Waals surface area (Å²) in [6, 6.07) is 26.8. The van der Waals surface area contributed by atoms with E-state index in [9.17, 15) is 18.7 Å². The maximum atomic E-state index is 16.0. The van der Waals surface area contributed by atoms with Crippen molar-refractivity contribution >= 4 is 22.5 Å². The topological polar surface area (TPSA) is 100 Å². The SMILES string of the molecule is CC(C)(COCc1ccccc1)c1cc2cc(NC(=O)[C@@]3(C)COc4cc5c(cc43)OC(F)(F)O5)c(F)cc2n1C[C@@H](O)COCc1ccccc1. The number of aliphatic hydroxyl groups excluding tert-OH is 1. The van der Waals surface area contributed by atoms with Gasteiger partial charge in [-0.1, -0.05) is 74.5 Å².